The Morgan fingerprint density at radius 3 is 2.22 bits per heavy atom. The van der Waals surface area contributed by atoms with Crippen LogP contribution in [-0.2, 0) is 14.6 Å². The zero-order valence-corrected chi connectivity index (χ0v) is 12.5. The molecular weight excluding hydrogens is 272 g/mol. The molecule has 0 bridgehead atoms. The van der Waals surface area contributed by atoms with E-state index in [0.717, 1.165) is 5.56 Å². The van der Waals surface area contributed by atoms with Gasteiger partial charge in [0.05, 0.1) is 23.7 Å². The minimum atomic E-state index is -3.19. The molecule has 3 nitrogen and oxygen atoms in total. The highest BCUT2D eigenvalue weighted by Crippen LogP contribution is 2.23. The Labute approximate surface area is 114 Å². The molecule has 0 aliphatic heterocycles. The first-order valence-corrected chi connectivity index (χ1v) is 8.01. The van der Waals surface area contributed by atoms with Gasteiger partial charge in [-0.3, -0.25) is 0 Å². The van der Waals surface area contributed by atoms with Crippen molar-refractivity contribution in [2.75, 3.05) is 12.4 Å². The summed E-state index contributed by atoms with van der Waals surface area (Å²) in [5.41, 5.74) is 0.754. The summed E-state index contributed by atoms with van der Waals surface area (Å²) < 4.78 is 29.5. The lowest BCUT2D eigenvalue weighted by molar-refractivity contribution is 0.0912. The molecule has 1 aromatic carbocycles. The molecule has 0 aromatic heterocycles. The zero-order chi connectivity index (χ0) is 13.8. The van der Waals surface area contributed by atoms with Crippen LogP contribution in [0.2, 0.25) is 5.02 Å². The van der Waals surface area contributed by atoms with Gasteiger partial charge in [-0.15, -0.1) is 0 Å². The van der Waals surface area contributed by atoms with Crippen LogP contribution >= 0.6 is 11.6 Å². The van der Waals surface area contributed by atoms with Crippen molar-refractivity contribution in [2.45, 2.75) is 32.1 Å². The van der Waals surface area contributed by atoms with E-state index in [1.165, 1.54) is 0 Å². The largest absolute Gasteiger partial charge is 0.378 e. The third-order valence-corrected chi connectivity index (χ3v) is 5.03. The van der Waals surface area contributed by atoms with E-state index >= 15 is 0 Å². The maximum atomic E-state index is 12.1. The predicted octanol–water partition coefficient (Wildman–Crippen LogP) is 3.24. The molecule has 0 unspecified atom stereocenters. The molecule has 1 rings (SSSR count). The van der Waals surface area contributed by atoms with Crippen LogP contribution in [0, 0.1) is 0 Å². The lowest BCUT2D eigenvalue weighted by Gasteiger charge is -2.14. The fourth-order valence-corrected chi connectivity index (χ4v) is 2.90. The first kappa shape index (κ1) is 15.5. The second kappa shape index (κ2) is 6.55. The van der Waals surface area contributed by atoms with E-state index in [2.05, 4.69) is 0 Å². The van der Waals surface area contributed by atoms with Crippen molar-refractivity contribution < 1.29 is 13.2 Å². The van der Waals surface area contributed by atoms with Crippen molar-refractivity contribution in [3.05, 3.63) is 34.9 Å². The number of halogens is 1. The van der Waals surface area contributed by atoms with E-state index in [-0.39, 0.29) is 18.5 Å². The normalized spacial score (nSPS) is 13.8. The maximum absolute atomic E-state index is 12.1. The van der Waals surface area contributed by atoms with Crippen molar-refractivity contribution in [3.8, 4) is 0 Å². The smallest absolute Gasteiger partial charge is 0.159 e. The number of sulfone groups is 1. The summed E-state index contributed by atoms with van der Waals surface area (Å²) >= 11 is 5.78. The highest BCUT2D eigenvalue weighted by Gasteiger charge is 2.22. The molecule has 0 fully saturated rings. The average Bonchev–Trinajstić information content (AvgIpc) is 2.28. The van der Waals surface area contributed by atoms with Crippen LogP contribution in [0.3, 0.4) is 0 Å². The monoisotopic (exact) mass is 290 g/mol. The first-order chi connectivity index (χ1) is 8.33. The SMILES string of the molecule is CC(C)OCCS(=O)(=O)[C@@H](C)c1ccc(Cl)cc1. The topological polar surface area (TPSA) is 43.4 Å². The molecule has 18 heavy (non-hydrogen) atoms. The summed E-state index contributed by atoms with van der Waals surface area (Å²) in [4.78, 5) is 0. The molecule has 0 heterocycles. The third kappa shape index (κ3) is 4.59. The Morgan fingerprint density at radius 2 is 1.72 bits per heavy atom. The van der Waals surface area contributed by atoms with Gasteiger partial charge in [0.15, 0.2) is 9.84 Å². The van der Waals surface area contributed by atoms with Gasteiger partial charge in [0.25, 0.3) is 0 Å². The lowest BCUT2D eigenvalue weighted by Crippen LogP contribution is -2.19. The molecule has 0 saturated carbocycles. The molecular formula is C13H19ClO3S. The molecule has 0 spiro atoms. The van der Waals surface area contributed by atoms with Gasteiger partial charge in [0.1, 0.15) is 0 Å². The molecule has 0 aliphatic rings. The van der Waals surface area contributed by atoms with E-state index in [4.69, 9.17) is 16.3 Å². The van der Waals surface area contributed by atoms with Crippen LogP contribution in [0.1, 0.15) is 31.6 Å². The number of benzene rings is 1. The van der Waals surface area contributed by atoms with E-state index in [0.29, 0.717) is 5.02 Å². The van der Waals surface area contributed by atoms with Crippen molar-refractivity contribution in [3.63, 3.8) is 0 Å². The van der Waals surface area contributed by atoms with Gasteiger partial charge >= 0.3 is 0 Å². The highest BCUT2D eigenvalue weighted by atomic mass is 35.5. The minimum Gasteiger partial charge on any atom is -0.378 e. The van der Waals surface area contributed by atoms with Crippen molar-refractivity contribution in [1.29, 1.82) is 0 Å². The molecule has 5 heteroatoms. The van der Waals surface area contributed by atoms with Gasteiger partial charge in [-0.25, -0.2) is 8.42 Å². The highest BCUT2D eigenvalue weighted by molar-refractivity contribution is 7.91. The van der Waals surface area contributed by atoms with Crippen molar-refractivity contribution in [2.24, 2.45) is 0 Å². The first-order valence-electron chi connectivity index (χ1n) is 5.91. The summed E-state index contributed by atoms with van der Waals surface area (Å²) in [6.45, 7) is 5.69. The minimum absolute atomic E-state index is 0.0367. The maximum Gasteiger partial charge on any atom is 0.159 e. The predicted molar refractivity (Wildman–Crippen MR) is 74.7 cm³/mol. The van der Waals surface area contributed by atoms with Gasteiger partial charge in [-0.1, -0.05) is 23.7 Å². The summed E-state index contributed by atoms with van der Waals surface area (Å²) in [7, 11) is -3.19. The van der Waals surface area contributed by atoms with Crippen LogP contribution in [0.4, 0.5) is 0 Å². The summed E-state index contributed by atoms with van der Waals surface area (Å²) in [6, 6.07) is 6.89. The lowest BCUT2D eigenvalue weighted by atomic mass is 10.2. The number of hydrogen-bond donors (Lipinski definition) is 0. The van der Waals surface area contributed by atoms with Crippen molar-refractivity contribution >= 4 is 21.4 Å². The van der Waals surface area contributed by atoms with Gasteiger partial charge in [-0.2, -0.15) is 0 Å². The summed E-state index contributed by atoms with van der Waals surface area (Å²) in [6.07, 6.45) is 0.0473. The Morgan fingerprint density at radius 1 is 1.17 bits per heavy atom. The molecule has 0 N–H and O–H groups in total. The number of rotatable bonds is 6. The Balaban J connectivity index is 2.69. The Hall–Kier alpha value is -0.580. The molecule has 102 valence electrons. The fraction of sp³-hybridized carbons (Fsp3) is 0.538. The zero-order valence-electron chi connectivity index (χ0n) is 10.9. The Bertz CT molecular complexity index is 466. The number of ether oxygens (including phenoxy) is 1. The molecule has 0 radical (unpaired) electrons. The van der Waals surface area contributed by atoms with E-state index in [1.54, 1.807) is 31.2 Å². The fourth-order valence-electron chi connectivity index (χ4n) is 1.52. The Kier molecular flexibility index (Phi) is 5.63. The quantitative estimate of drug-likeness (QED) is 0.808. The van der Waals surface area contributed by atoms with Crippen LogP contribution in [-0.4, -0.2) is 26.9 Å². The average molecular weight is 291 g/mol. The van der Waals surface area contributed by atoms with Crippen LogP contribution in [0.25, 0.3) is 0 Å². The molecule has 1 aromatic rings. The standard InChI is InChI=1S/C13H19ClO3S/c1-10(2)17-8-9-18(15,16)11(3)12-4-6-13(14)7-5-12/h4-7,10-11H,8-9H2,1-3H3/t11-/m0/s1. The van der Waals surface area contributed by atoms with Crippen LogP contribution in [0.15, 0.2) is 24.3 Å². The molecule has 1 atom stereocenters. The van der Waals surface area contributed by atoms with Gasteiger partial charge in [-0.05, 0) is 38.5 Å². The van der Waals surface area contributed by atoms with Crippen LogP contribution < -0.4 is 0 Å². The van der Waals surface area contributed by atoms with E-state index in [1.807, 2.05) is 13.8 Å². The number of hydrogen-bond acceptors (Lipinski definition) is 3. The second-order valence-corrected chi connectivity index (χ2v) is 7.36. The van der Waals surface area contributed by atoms with Crippen molar-refractivity contribution in [1.82, 2.24) is 0 Å². The molecule has 0 amide bonds. The van der Waals surface area contributed by atoms with Gasteiger partial charge in [0, 0.05) is 5.02 Å². The van der Waals surface area contributed by atoms with Gasteiger partial charge in [0.2, 0.25) is 0 Å². The third-order valence-electron chi connectivity index (χ3n) is 2.70. The summed E-state index contributed by atoms with van der Waals surface area (Å²) in [5.74, 6) is 0.0367. The van der Waals surface area contributed by atoms with E-state index < -0.39 is 15.1 Å². The molecule has 0 saturated heterocycles. The molecule has 0 aliphatic carbocycles. The van der Waals surface area contributed by atoms with Crippen LogP contribution in [0.5, 0.6) is 0 Å². The summed E-state index contributed by atoms with van der Waals surface area (Å²) in [5, 5.41) is 0.0667. The van der Waals surface area contributed by atoms with Gasteiger partial charge < -0.3 is 4.74 Å². The second-order valence-electron chi connectivity index (χ2n) is 4.48. The van der Waals surface area contributed by atoms with E-state index in [9.17, 15) is 8.42 Å².